The maximum atomic E-state index is 12.3. The molecule has 416 valence electrons. The molecule has 0 spiro atoms. The number of nitrogens with zero attached hydrogens (tertiary/aromatic N) is 8. The molecule has 0 saturated heterocycles. The van der Waals surface area contributed by atoms with Gasteiger partial charge in [-0.15, -0.1) is 20.4 Å². The van der Waals surface area contributed by atoms with Crippen molar-refractivity contribution in [2.24, 2.45) is 0 Å². The van der Waals surface area contributed by atoms with Gasteiger partial charge in [0.05, 0.1) is 74.1 Å². The zero-order chi connectivity index (χ0) is 58.0. The minimum absolute atomic E-state index is 0.0847. The number of aromatic amines is 1. The second kappa shape index (κ2) is 29.5. The highest BCUT2D eigenvalue weighted by atomic mass is 35.5. The molecule has 3 heterocycles. The molecule has 0 saturated carbocycles. The number of nitrogens with two attached hydrogens (primary N) is 1. The second-order valence-electron chi connectivity index (χ2n) is 15.9. The van der Waals surface area contributed by atoms with Crippen molar-refractivity contribution in [1.82, 2.24) is 45.4 Å². The van der Waals surface area contributed by atoms with E-state index in [9.17, 15) is 19.5 Å². The van der Waals surface area contributed by atoms with Crippen LogP contribution in [0.5, 0.6) is 11.5 Å². The molecule has 0 aliphatic heterocycles. The molecule has 0 aliphatic carbocycles. The molecule has 9 rings (SSSR count). The third kappa shape index (κ3) is 17.4. The van der Waals surface area contributed by atoms with Gasteiger partial charge in [-0.25, -0.2) is 23.7 Å². The molecule has 0 aliphatic rings. The molecule has 0 atom stereocenters. The summed E-state index contributed by atoms with van der Waals surface area (Å²) in [5.41, 5.74) is 9.35. The summed E-state index contributed by atoms with van der Waals surface area (Å²) in [7, 11) is 3.20. The number of anilines is 7. The fourth-order valence-corrected chi connectivity index (χ4v) is 7.70. The van der Waals surface area contributed by atoms with E-state index in [1.165, 1.54) is 4.68 Å². The first-order valence-corrected chi connectivity index (χ1v) is 25.8. The lowest BCUT2D eigenvalue weighted by Crippen LogP contribution is -2.11. The van der Waals surface area contributed by atoms with E-state index in [4.69, 9.17) is 118 Å². The number of H-pyrrole nitrogens is 1. The van der Waals surface area contributed by atoms with Gasteiger partial charge in [-0.2, -0.15) is 5.21 Å². The Morgan fingerprint density at radius 3 is 1.31 bits per heavy atom. The van der Waals surface area contributed by atoms with E-state index < -0.39 is 17.9 Å². The number of ether oxygens (including phenoxy) is 3. The number of hydrogen-bond acceptors (Lipinski definition) is 16. The van der Waals surface area contributed by atoms with Gasteiger partial charge in [-0.3, -0.25) is 0 Å². The molecule has 8 N–H and O–H groups in total. The Morgan fingerprint density at radius 2 is 0.925 bits per heavy atom. The molecule has 21 nitrogen and oxygen atoms in total. The van der Waals surface area contributed by atoms with Crippen molar-refractivity contribution >= 4 is 151 Å². The topological polar surface area (TPSA) is 284 Å². The molecular formula is C51H43Cl8N13O8. The number of nitrogens with one attached hydrogen (secondary N) is 4. The number of carboxylic acids is 2. The summed E-state index contributed by atoms with van der Waals surface area (Å²) in [6, 6.07) is 34.6. The summed E-state index contributed by atoms with van der Waals surface area (Å²) in [5.74, 6) is -0.701. The van der Waals surface area contributed by atoms with Crippen molar-refractivity contribution in [3.8, 4) is 11.5 Å². The quantitative estimate of drug-likeness (QED) is 0.0349. The van der Waals surface area contributed by atoms with E-state index >= 15 is 0 Å². The number of halogens is 8. The van der Waals surface area contributed by atoms with Crippen LogP contribution in [-0.4, -0.2) is 94.3 Å². The summed E-state index contributed by atoms with van der Waals surface area (Å²) in [5, 5.41) is 55.7. The van der Waals surface area contributed by atoms with Gasteiger partial charge in [0, 0.05) is 22.7 Å². The molecule has 9 aromatic rings. The highest BCUT2D eigenvalue weighted by Gasteiger charge is 2.23. The third-order valence-corrected chi connectivity index (χ3v) is 13.3. The number of aromatic nitrogens is 9. The molecule has 3 aromatic heterocycles. The number of esters is 1. The Labute approximate surface area is 495 Å². The first-order chi connectivity index (χ1) is 38.3. The summed E-state index contributed by atoms with van der Waals surface area (Å²) in [6.07, 6.45) is 0. The van der Waals surface area contributed by atoms with Crippen LogP contribution in [0.3, 0.4) is 0 Å². The van der Waals surface area contributed by atoms with E-state index in [-0.39, 0.29) is 35.3 Å². The van der Waals surface area contributed by atoms with Crippen LogP contribution in [0.2, 0.25) is 40.2 Å². The monoisotopic (exact) mass is 1250 g/mol. The van der Waals surface area contributed by atoms with Gasteiger partial charge in [0.1, 0.15) is 11.5 Å². The zero-order valence-electron chi connectivity index (χ0n) is 41.7. The number of nitrogen functional groups attached to an aromatic ring is 1. The van der Waals surface area contributed by atoms with Crippen LogP contribution in [0, 0.1) is 0 Å². The zero-order valence-corrected chi connectivity index (χ0v) is 47.7. The van der Waals surface area contributed by atoms with Crippen molar-refractivity contribution in [2.75, 3.05) is 42.5 Å². The van der Waals surface area contributed by atoms with E-state index in [2.05, 4.69) is 52.0 Å². The van der Waals surface area contributed by atoms with E-state index in [0.29, 0.717) is 81.8 Å². The first kappa shape index (κ1) is 61.5. The molecule has 0 unspecified atom stereocenters. The van der Waals surface area contributed by atoms with Gasteiger partial charge >= 0.3 is 17.9 Å². The number of hydrogen-bond donors (Lipinski definition) is 7. The minimum Gasteiger partial charge on any atom is -0.497 e. The summed E-state index contributed by atoms with van der Waals surface area (Å²) < 4.78 is 18.4. The van der Waals surface area contributed by atoms with E-state index in [1.54, 1.807) is 98.6 Å². The number of rotatable bonds is 16. The lowest BCUT2D eigenvalue weighted by atomic mass is 10.2. The van der Waals surface area contributed by atoms with Crippen LogP contribution in [0.4, 0.5) is 40.2 Å². The Balaban J connectivity index is 0.000000183. The van der Waals surface area contributed by atoms with Gasteiger partial charge in [0.25, 0.3) is 0 Å². The molecule has 80 heavy (non-hydrogen) atoms. The Hall–Kier alpha value is -7.73. The maximum Gasteiger partial charge on any atom is 0.362 e. The lowest BCUT2D eigenvalue weighted by Gasteiger charge is -2.11. The molecule has 0 bridgehead atoms. The van der Waals surface area contributed by atoms with Gasteiger partial charge in [-0.05, 0) is 115 Å². The highest BCUT2D eigenvalue weighted by molar-refractivity contribution is 6.43. The SMILES string of the molecule is CCOC(=O)c1nnn(Cc2ccc(OC)cc2)c1Nc1ccc(Cl)c(Cl)c1.COc1ccc(Cn2nnc(C(=O)O)c2Nc2ccc(Cl)c(Cl)c2)cc1.Nc1ccc(Cl)c(Cl)c1.O=C(O)c1n[nH]nc1Nc1ccc(Cl)c(Cl)c1. The van der Waals surface area contributed by atoms with Gasteiger partial charge in [0.2, 0.25) is 17.1 Å². The van der Waals surface area contributed by atoms with Crippen LogP contribution < -0.4 is 31.2 Å². The van der Waals surface area contributed by atoms with Crippen molar-refractivity contribution in [3.05, 3.63) is 190 Å². The van der Waals surface area contributed by atoms with Gasteiger partial charge in [-0.1, -0.05) is 127 Å². The molecule has 0 fully saturated rings. The summed E-state index contributed by atoms with van der Waals surface area (Å²) >= 11 is 46.8. The molecule has 6 aromatic carbocycles. The summed E-state index contributed by atoms with van der Waals surface area (Å²) in [6.45, 7) is 2.68. The smallest absolute Gasteiger partial charge is 0.362 e. The Morgan fingerprint density at radius 1 is 0.525 bits per heavy atom. The standard InChI is InChI=1S/C19H18Cl2N4O3.C17H14Cl2N4O3.C9H6Cl2N4O2.C6H5Cl2N/c1-3-28-19(26)17-18(22-13-6-9-15(20)16(21)10-13)25(24-23-17)11-12-4-7-14(27-2)8-5-12;1-26-12-5-2-10(3-6-12)9-23-16(15(17(24)25)21-22-23)20-11-4-7-13(18)14(19)8-11;10-5-2-1-4(3-6(5)11)12-8-7(9(16)17)13-15-14-8;7-5-2-1-4(9)3-6(5)8/h4-10,22H,3,11H2,1-2H3;2-8,20H,9H2,1H3,(H,24,25);1-3H,(H,16,17)(H2,12,13,14,15);1-3H,9H2. The predicted octanol–water partition coefficient (Wildman–Crippen LogP) is 13.8. The Kier molecular flexibility index (Phi) is 22.7. The van der Waals surface area contributed by atoms with E-state index in [0.717, 1.165) is 22.6 Å². The van der Waals surface area contributed by atoms with Gasteiger partial charge in [0.15, 0.2) is 17.5 Å². The van der Waals surface area contributed by atoms with E-state index in [1.807, 2.05) is 48.5 Å². The number of carbonyl (C=O) groups excluding carboxylic acids is 1. The number of carboxylic acid groups (broad SMARTS) is 2. The highest BCUT2D eigenvalue weighted by Crippen LogP contribution is 2.31. The normalized spacial score (nSPS) is 10.4. The van der Waals surface area contributed by atoms with Crippen molar-refractivity contribution in [3.63, 3.8) is 0 Å². The fraction of sp³-hybridized carbons (Fsp3) is 0.118. The number of aromatic carboxylic acids is 2. The average molecular weight is 1250 g/mol. The largest absolute Gasteiger partial charge is 0.497 e. The number of methoxy groups -OCH3 is 2. The average Bonchev–Trinajstić information content (AvgIpc) is 4.19. The van der Waals surface area contributed by atoms with Crippen LogP contribution in [0.25, 0.3) is 0 Å². The van der Waals surface area contributed by atoms with Crippen molar-refractivity contribution in [1.29, 1.82) is 0 Å². The first-order valence-electron chi connectivity index (χ1n) is 22.8. The second-order valence-corrected chi connectivity index (χ2v) is 19.1. The van der Waals surface area contributed by atoms with Crippen LogP contribution in [0.1, 0.15) is 49.5 Å². The van der Waals surface area contributed by atoms with Crippen molar-refractivity contribution in [2.45, 2.75) is 20.0 Å². The van der Waals surface area contributed by atoms with Crippen molar-refractivity contribution < 1.29 is 38.8 Å². The minimum atomic E-state index is -1.19. The molecule has 0 radical (unpaired) electrons. The van der Waals surface area contributed by atoms with Crippen LogP contribution in [-0.2, 0) is 17.8 Å². The summed E-state index contributed by atoms with van der Waals surface area (Å²) in [4.78, 5) is 34.5. The number of carbonyl (C=O) groups is 3. The lowest BCUT2D eigenvalue weighted by molar-refractivity contribution is 0.0519. The molecule has 0 amide bonds. The van der Waals surface area contributed by atoms with Crippen LogP contribution >= 0.6 is 92.8 Å². The van der Waals surface area contributed by atoms with Crippen LogP contribution in [0.15, 0.2) is 121 Å². The molecular weight excluding hydrogens is 1210 g/mol. The fourth-order valence-electron chi connectivity index (χ4n) is 6.50. The Bertz CT molecular complexity index is 3590. The third-order valence-electron chi connectivity index (χ3n) is 10.4. The predicted molar refractivity (Wildman–Crippen MR) is 311 cm³/mol. The maximum absolute atomic E-state index is 12.3. The number of benzene rings is 6. The van der Waals surface area contributed by atoms with Gasteiger partial charge < -0.3 is 46.1 Å². The molecule has 29 heteroatoms.